The molecule has 0 aliphatic carbocycles. The lowest BCUT2D eigenvalue weighted by atomic mass is 10.1. The molecule has 3 aromatic carbocycles. The van der Waals surface area contributed by atoms with Crippen LogP contribution in [0.15, 0.2) is 88.2 Å². The number of carboxylic acid groups (broad SMARTS) is 1. The molecule has 0 aliphatic heterocycles. The average Bonchev–Trinajstić information content (AvgIpc) is 3.18. The Bertz CT molecular complexity index is 1200. The Kier molecular flexibility index (Phi) is 5.07. The van der Waals surface area contributed by atoms with Gasteiger partial charge in [0, 0.05) is 10.9 Å². The predicted molar refractivity (Wildman–Crippen MR) is 109 cm³/mol. The first-order valence-corrected chi connectivity index (χ1v) is 9.82. The molecule has 0 radical (unpaired) electrons. The van der Waals surface area contributed by atoms with Gasteiger partial charge >= 0.3 is 11.9 Å². The number of carbonyl (C=O) groups excluding carboxylic acids is 1. The number of aromatic carboxylic acids is 1. The van der Waals surface area contributed by atoms with Crippen molar-refractivity contribution in [3.8, 4) is 11.1 Å². The van der Waals surface area contributed by atoms with Gasteiger partial charge in [0.05, 0.1) is 5.56 Å². The van der Waals surface area contributed by atoms with Gasteiger partial charge in [0.2, 0.25) is 0 Å². The summed E-state index contributed by atoms with van der Waals surface area (Å²) in [5.74, 6) is -1.79. The van der Waals surface area contributed by atoms with Crippen LogP contribution in [0.2, 0.25) is 0 Å². The Balaban J connectivity index is 1.59. The zero-order valence-corrected chi connectivity index (χ0v) is 15.8. The van der Waals surface area contributed by atoms with Crippen LogP contribution in [0.5, 0.6) is 0 Å². The molecule has 4 rings (SSSR count). The minimum Gasteiger partial charge on any atom is -0.588 e. The van der Waals surface area contributed by atoms with E-state index in [2.05, 4.69) is 4.72 Å². The molecular formula is C22H15NO5S. The molecule has 0 aliphatic rings. The van der Waals surface area contributed by atoms with Crippen LogP contribution in [0.1, 0.15) is 20.9 Å². The molecule has 29 heavy (non-hydrogen) atoms. The molecule has 4 aromatic rings. The Hall–Kier alpha value is -3.55. The molecule has 1 heterocycles. The van der Waals surface area contributed by atoms with Crippen molar-refractivity contribution < 1.29 is 23.7 Å². The lowest BCUT2D eigenvalue weighted by molar-refractivity contribution is 0.0696. The molecular weight excluding hydrogens is 390 g/mol. The number of nitrogens with one attached hydrogen (secondary N) is 1. The highest BCUT2D eigenvalue weighted by atomic mass is 32.2. The lowest BCUT2D eigenvalue weighted by Gasteiger charge is -2.13. The molecule has 1 amide bonds. The van der Waals surface area contributed by atoms with Crippen LogP contribution >= 0.6 is 0 Å². The second-order valence-corrected chi connectivity index (χ2v) is 7.41. The van der Waals surface area contributed by atoms with Crippen molar-refractivity contribution in [1.82, 2.24) is 4.72 Å². The average molecular weight is 405 g/mol. The first kappa shape index (κ1) is 18.8. The van der Waals surface area contributed by atoms with Crippen LogP contribution in [0.25, 0.3) is 22.1 Å². The van der Waals surface area contributed by atoms with Gasteiger partial charge in [-0.25, -0.2) is 4.79 Å². The smallest absolute Gasteiger partial charge is 0.335 e. The molecule has 0 fully saturated rings. The summed E-state index contributed by atoms with van der Waals surface area (Å²) in [5, 5.41) is 9.64. The molecule has 0 saturated heterocycles. The maximum absolute atomic E-state index is 12.8. The van der Waals surface area contributed by atoms with Crippen LogP contribution in [0.4, 0.5) is 0 Å². The third kappa shape index (κ3) is 3.87. The first-order chi connectivity index (χ1) is 14.0. The molecule has 1 unspecified atom stereocenters. The lowest BCUT2D eigenvalue weighted by Crippen LogP contribution is -2.30. The molecule has 0 bridgehead atoms. The summed E-state index contributed by atoms with van der Waals surface area (Å²) < 4.78 is 20.7. The van der Waals surface area contributed by atoms with E-state index in [4.69, 9.17) is 9.52 Å². The minimum atomic E-state index is -1.81. The minimum absolute atomic E-state index is 0.0481. The fourth-order valence-electron chi connectivity index (χ4n) is 2.95. The predicted octanol–water partition coefficient (Wildman–Crippen LogP) is 4.25. The van der Waals surface area contributed by atoms with Gasteiger partial charge in [-0.3, -0.25) is 4.79 Å². The highest BCUT2D eigenvalue weighted by molar-refractivity contribution is 7.90. The van der Waals surface area contributed by atoms with Gasteiger partial charge < -0.3 is 14.1 Å². The van der Waals surface area contributed by atoms with Crippen LogP contribution in [0, 0.1) is 0 Å². The Labute approximate surface area is 169 Å². The van der Waals surface area contributed by atoms with Crippen LogP contribution in [-0.2, 0) is 11.4 Å². The summed E-state index contributed by atoms with van der Waals surface area (Å²) in [7, 11) is 0. The third-order valence-corrected chi connectivity index (χ3v) is 5.47. The van der Waals surface area contributed by atoms with Gasteiger partial charge in [-0.1, -0.05) is 48.5 Å². The van der Waals surface area contributed by atoms with Crippen LogP contribution in [0.3, 0.4) is 0 Å². The van der Waals surface area contributed by atoms with E-state index in [9.17, 15) is 14.1 Å². The SMILES string of the molecule is O=C(O)c1ccc2cc(C(=O)N[S+]([O-])c3ccccc3-c3ccccc3)oc2c1. The molecule has 6 nitrogen and oxygen atoms in total. The van der Waals surface area contributed by atoms with Gasteiger partial charge in [0.25, 0.3) is 0 Å². The fraction of sp³-hybridized carbons (Fsp3) is 0. The first-order valence-electron chi connectivity index (χ1n) is 8.67. The molecule has 0 spiro atoms. The van der Waals surface area contributed by atoms with Gasteiger partial charge in [-0.15, -0.1) is 0 Å². The van der Waals surface area contributed by atoms with E-state index in [1.807, 2.05) is 42.5 Å². The summed E-state index contributed by atoms with van der Waals surface area (Å²) in [4.78, 5) is 24.1. The topological polar surface area (TPSA) is 103 Å². The second kappa shape index (κ2) is 7.83. The number of amides is 1. The van der Waals surface area contributed by atoms with Crippen LogP contribution in [-0.4, -0.2) is 21.5 Å². The fourth-order valence-corrected chi connectivity index (χ4v) is 3.92. The quantitative estimate of drug-likeness (QED) is 0.483. The Morgan fingerprint density at radius 3 is 2.41 bits per heavy atom. The van der Waals surface area contributed by atoms with Crippen molar-refractivity contribution >= 4 is 34.2 Å². The van der Waals surface area contributed by atoms with E-state index in [0.29, 0.717) is 10.3 Å². The summed E-state index contributed by atoms with van der Waals surface area (Å²) in [6.45, 7) is 0. The van der Waals surface area contributed by atoms with Gasteiger partial charge in [-0.05, 0) is 35.9 Å². The maximum atomic E-state index is 12.8. The molecule has 1 aromatic heterocycles. The number of hydrogen-bond donors (Lipinski definition) is 2. The van der Waals surface area contributed by atoms with Crippen molar-refractivity contribution in [2.24, 2.45) is 0 Å². The number of rotatable bonds is 5. The summed E-state index contributed by atoms with van der Waals surface area (Å²) >= 11 is -1.81. The zero-order valence-electron chi connectivity index (χ0n) is 15.0. The number of furan rings is 1. The van der Waals surface area contributed by atoms with E-state index in [1.165, 1.54) is 18.2 Å². The molecule has 7 heteroatoms. The molecule has 1 atom stereocenters. The number of fused-ring (bicyclic) bond motifs is 1. The molecule has 144 valence electrons. The monoisotopic (exact) mass is 405 g/mol. The van der Waals surface area contributed by atoms with Crippen molar-refractivity contribution in [1.29, 1.82) is 0 Å². The van der Waals surface area contributed by atoms with Gasteiger partial charge in [0.15, 0.2) is 10.7 Å². The Morgan fingerprint density at radius 1 is 0.931 bits per heavy atom. The number of carboxylic acids is 1. The highest BCUT2D eigenvalue weighted by Crippen LogP contribution is 2.27. The molecule has 2 N–H and O–H groups in total. The second-order valence-electron chi connectivity index (χ2n) is 6.23. The highest BCUT2D eigenvalue weighted by Gasteiger charge is 2.23. The normalized spacial score (nSPS) is 11.9. The van der Waals surface area contributed by atoms with E-state index < -0.39 is 23.2 Å². The van der Waals surface area contributed by atoms with Crippen LogP contribution < -0.4 is 4.72 Å². The number of hydrogen-bond acceptors (Lipinski definition) is 4. The van der Waals surface area contributed by atoms with Gasteiger partial charge in [-0.2, -0.15) is 4.72 Å². The summed E-state index contributed by atoms with van der Waals surface area (Å²) in [6.07, 6.45) is 0. The number of carbonyl (C=O) groups is 2. The van der Waals surface area contributed by atoms with Crippen molar-refractivity contribution in [2.45, 2.75) is 4.90 Å². The standard InChI is InChI=1S/C22H15NO5S/c24-21(19-12-15-10-11-16(22(25)26)13-18(15)28-19)23-29(27)20-9-5-4-8-17(20)14-6-2-1-3-7-14/h1-13H,(H,23,24)(H,25,26). The van der Waals surface area contributed by atoms with E-state index in [1.54, 1.807) is 18.2 Å². The van der Waals surface area contributed by atoms with Crippen molar-refractivity contribution in [3.63, 3.8) is 0 Å². The Morgan fingerprint density at radius 2 is 1.66 bits per heavy atom. The van der Waals surface area contributed by atoms with E-state index in [0.717, 1.165) is 11.1 Å². The summed E-state index contributed by atoms with van der Waals surface area (Å²) in [6, 6.07) is 22.4. The summed E-state index contributed by atoms with van der Waals surface area (Å²) in [5.41, 5.74) is 1.96. The van der Waals surface area contributed by atoms with Crippen molar-refractivity contribution in [2.75, 3.05) is 0 Å². The van der Waals surface area contributed by atoms with Gasteiger partial charge in [0.1, 0.15) is 16.9 Å². The number of benzene rings is 3. The largest absolute Gasteiger partial charge is 0.588 e. The van der Waals surface area contributed by atoms with Crippen molar-refractivity contribution in [3.05, 3.63) is 90.2 Å². The van der Waals surface area contributed by atoms with E-state index in [-0.39, 0.29) is 16.9 Å². The molecule has 0 saturated carbocycles. The maximum Gasteiger partial charge on any atom is 0.335 e. The third-order valence-electron chi connectivity index (χ3n) is 4.35. The zero-order chi connectivity index (χ0) is 20.4. The van der Waals surface area contributed by atoms with E-state index >= 15 is 0 Å².